The van der Waals surface area contributed by atoms with Gasteiger partial charge in [-0.3, -0.25) is 0 Å². The molecule has 30 heavy (non-hydrogen) atoms. The third-order valence-electron chi connectivity index (χ3n) is 7.37. The molecule has 0 fully saturated rings. The molecule has 2 heterocycles. The fraction of sp³-hybridized carbons (Fsp3) is 0.143. The second kappa shape index (κ2) is 5.54. The molecule has 0 spiro atoms. The number of hydrogen-bond donors (Lipinski definition) is 2. The minimum Gasteiger partial charge on any atom is -0.354 e. The number of benzene rings is 4. The molecule has 1 aliphatic carbocycles. The van der Waals surface area contributed by atoms with Gasteiger partial charge in [-0.05, 0) is 70.5 Å². The highest BCUT2D eigenvalue weighted by Crippen LogP contribution is 2.49. The third-order valence-corrected chi connectivity index (χ3v) is 7.37. The van der Waals surface area contributed by atoms with Crippen molar-refractivity contribution in [3.63, 3.8) is 0 Å². The number of aromatic nitrogens is 2. The van der Waals surface area contributed by atoms with E-state index in [1.54, 1.807) is 0 Å². The number of aromatic amines is 2. The zero-order chi connectivity index (χ0) is 20.0. The summed E-state index contributed by atoms with van der Waals surface area (Å²) >= 11 is 0. The van der Waals surface area contributed by atoms with Gasteiger partial charge in [0.25, 0.3) is 0 Å². The first-order valence-electron chi connectivity index (χ1n) is 10.8. The molecule has 0 saturated heterocycles. The van der Waals surface area contributed by atoms with Gasteiger partial charge in [-0.15, -0.1) is 0 Å². The van der Waals surface area contributed by atoms with Crippen molar-refractivity contribution in [3.05, 3.63) is 83.9 Å². The van der Waals surface area contributed by atoms with E-state index in [1.165, 1.54) is 65.9 Å². The van der Waals surface area contributed by atoms with E-state index in [9.17, 15) is 0 Å². The summed E-state index contributed by atoms with van der Waals surface area (Å²) in [6.45, 7) is 4.76. The van der Waals surface area contributed by atoms with Gasteiger partial charge in [0.1, 0.15) is 0 Å². The molecule has 1 aliphatic rings. The van der Waals surface area contributed by atoms with Crippen LogP contribution in [0.1, 0.15) is 36.8 Å². The van der Waals surface area contributed by atoms with Crippen molar-refractivity contribution in [1.82, 2.24) is 9.97 Å². The van der Waals surface area contributed by atoms with Crippen LogP contribution in [0.5, 0.6) is 0 Å². The molecule has 7 rings (SSSR count). The Kier molecular flexibility index (Phi) is 3.01. The van der Waals surface area contributed by atoms with E-state index in [4.69, 9.17) is 0 Å². The fourth-order valence-electron chi connectivity index (χ4n) is 5.59. The maximum atomic E-state index is 3.64. The highest BCUT2D eigenvalue weighted by atomic mass is 14.7. The molecular formula is C28H22N2. The summed E-state index contributed by atoms with van der Waals surface area (Å²) in [7, 11) is 0. The molecule has 2 heteroatoms. The van der Waals surface area contributed by atoms with E-state index in [0.717, 1.165) is 0 Å². The summed E-state index contributed by atoms with van der Waals surface area (Å²) in [6.07, 6.45) is 0. The molecule has 0 saturated carbocycles. The SMILES string of the molecule is CC1c2cc3c(cc2-c2cc4[nH]c5ccccc5c4cc2C1C)[nH]c1ccccc13. The number of rotatable bonds is 0. The molecule has 0 aliphatic heterocycles. The first-order valence-corrected chi connectivity index (χ1v) is 10.8. The average molecular weight is 386 g/mol. The molecule has 4 aromatic carbocycles. The van der Waals surface area contributed by atoms with Gasteiger partial charge >= 0.3 is 0 Å². The Bertz CT molecular complexity index is 1510. The standard InChI is InChI=1S/C28H22N2/c1-15-16(2)20-12-24-18-8-4-6-10-26(18)30-28(24)14-22(20)21-13-27-23(11-19(15)21)17-7-3-5-9-25(17)29-27/h3-16,29-30H,1-2H3. The Labute approximate surface area is 174 Å². The van der Waals surface area contributed by atoms with Gasteiger partial charge in [0.05, 0.1) is 0 Å². The van der Waals surface area contributed by atoms with Crippen LogP contribution < -0.4 is 0 Å². The molecule has 2 unspecified atom stereocenters. The van der Waals surface area contributed by atoms with Crippen molar-refractivity contribution >= 4 is 43.6 Å². The number of nitrogens with one attached hydrogen (secondary N) is 2. The zero-order valence-electron chi connectivity index (χ0n) is 17.1. The predicted molar refractivity (Wildman–Crippen MR) is 127 cm³/mol. The zero-order valence-corrected chi connectivity index (χ0v) is 17.1. The topological polar surface area (TPSA) is 31.6 Å². The summed E-state index contributed by atoms with van der Waals surface area (Å²) in [5.41, 5.74) is 10.5. The van der Waals surface area contributed by atoms with Crippen LogP contribution >= 0.6 is 0 Å². The van der Waals surface area contributed by atoms with Crippen LogP contribution in [0.4, 0.5) is 0 Å². The first-order chi connectivity index (χ1) is 14.7. The van der Waals surface area contributed by atoms with Crippen LogP contribution in [-0.4, -0.2) is 9.97 Å². The summed E-state index contributed by atoms with van der Waals surface area (Å²) in [4.78, 5) is 7.27. The Morgan fingerprint density at radius 1 is 0.500 bits per heavy atom. The van der Waals surface area contributed by atoms with Gasteiger partial charge in [0, 0.05) is 43.6 Å². The average Bonchev–Trinajstić information content (AvgIpc) is 3.32. The van der Waals surface area contributed by atoms with Crippen molar-refractivity contribution in [2.75, 3.05) is 0 Å². The van der Waals surface area contributed by atoms with E-state index >= 15 is 0 Å². The van der Waals surface area contributed by atoms with Crippen molar-refractivity contribution in [2.24, 2.45) is 0 Å². The Morgan fingerprint density at radius 3 is 1.40 bits per heavy atom. The summed E-state index contributed by atoms with van der Waals surface area (Å²) < 4.78 is 0. The molecule has 2 atom stereocenters. The van der Waals surface area contributed by atoms with E-state index < -0.39 is 0 Å². The molecule has 2 nitrogen and oxygen atoms in total. The van der Waals surface area contributed by atoms with Gasteiger partial charge in [0.2, 0.25) is 0 Å². The van der Waals surface area contributed by atoms with Gasteiger partial charge in [0.15, 0.2) is 0 Å². The lowest BCUT2D eigenvalue weighted by Gasteiger charge is -2.31. The quantitative estimate of drug-likeness (QED) is 0.266. The van der Waals surface area contributed by atoms with Gasteiger partial charge in [-0.25, -0.2) is 0 Å². The van der Waals surface area contributed by atoms with E-state index in [-0.39, 0.29) is 0 Å². The van der Waals surface area contributed by atoms with Crippen molar-refractivity contribution in [3.8, 4) is 11.1 Å². The summed E-state index contributed by atoms with van der Waals surface area (Å²) in [5, 5.41) is 5.29. The van der Waals surface area contributed by atoms with E-state index in [1.807, 2.05) is 0 Å². The monoisotopic (exact) mass is 386 g/mol. The normalized spacial score (nSPS) is 18.3. The summed E-state index contributed by atoms with van der Waals surface area (Å²) in [5.74, 6) is 0.960. The van der Waals surface area contributed by atoms with Crippen LogP contribution in [0.2, 0.25) is 0 Å². The number of H-pyrrole nitrogens is 2. The Morgan fingerprint density at radius 2 is 0.933 bits per heavy atom. The molecule has 2 aromatic heterocycles. The van der Waals surface area contributed by atoms with Crippen LogP contribution in [0.3, 0.4) is 0 Å². The third kappa shape index (κ3) is 1.98. The number of hydrogen-bond acceptors (Lipinski definition) is 0. The van der Waals surface area contributed by atoms with Crippen LogP contribution in [-0.2, 0) is 0 Å². The van der Waals surface area contributed by atoms with Crippen LogP contribution in [0.15, 0.2) is 72.8 Å². The maximum Gasteiger partial charge on any atom is 0.0471 e. The molecule has 0 bridgehead atoms. The molecule has 6 aromatic rings. The predicted octanol–water partition coefficient (Wildman–Crippen LogP) is 7.84. The fourth-order valence-corrected chi connectivity index (χ4v) is 5.59. The maximum absolute atomic E-state index is 3.64. The van der Waals surface area contributed by atoms with E-state index in [2.05, 4.69) is 96.6 Å². The summed E-state index contributed by atoms with van der Waals surface area (Å²) in [6, 6.07) is 26.9. The molecular weight excluding hydrogens is 364 g/mol. The number of fused-ring (bicyclic) bond motifs is 9. The highest BCUT2D eigenvalue weighted by Gasteiger charge is 2.29. The molecule has 0 amide bonds. The Hall–Kier alpha value is -3.52. The smallest absolute Gasteiger partial charge is 0.0471 e. The van der Waals surface area contributed by atoms with Crippen molar-refractivity contribution in [1.29, 1.82) is 0 Å². The minimum absolute atomic E-state index is 0.480. The highest BCUT2D eigenvalue weighted by molar-refractivity contribution is 6.11. The van der Waals surface area contributed by atoms with Crippen LogP contribution in [0, 0.1) is 0 Å². The minimum atomic E-state index is 0.480. The van der Waals surface area contributed by atoms with Crippen molar-refractivity contribution in [2.45, 2.75) is 25.7 Å². The number of para-hydroxylation sites is 2. The first kappa shape index (κ1) is 16.3. The largest absolute Gasteiger partial charge is 0.354 e. The van der Waals surface area contributed by atoms with Crippen LogP contribution in [0.25, 0.3) is 54.7 Å². The second-order valence-corrected chi connectivity index (χ2v) is 8.89. The molecule has 2 N–H and O–H groups in total. The van der Waals surface area contributed by atoms with Gasteiger partial charge in [-0.2, -0.15) is 0 Å². The van der Waals surface area contributed by atoms with Crippen molar-refractivity contribution < 1.29 is 0 Å². The van der Waals surface area contributed by atoms with Gasteiger partial charge < -0.3 is 9.97 Å². The van der Waals surface area contributed by atoms with E-state index in [0.29, 0.717) is 11.8 Å². The lowest BCUT2D eigenvalue weighted by molar-refractivity contribution is 0.618. The molecule has 144 valence electrons. The lowest BCUT2D eigenvalue weighted by Crippen LogP contribution is -2.13. The Balaban J connectivity index is 1.59. The molecule has 0 radical (unpaired) electrons. The lowest BCUT2D eigenvalue weighted by atomic mass is 9.72. The second-order valence-electron chi connectivity index (χ2n) is 8.89. The van der Waals surface area contributed by atoms with Gasteiger partial charge in [-0.1, -0.05) is 50.2 Å².